The maximum atomic E-state index is 6.08. The minimum atomic E-state index is -0.0980. The molecule has 1 aliphatic heterocycles. The van der Waals surface area contributed by atoms with E-state index in [0.717, 1.165) is 12.8 Å². The van der Waals surface area contributed by atoms with E-state index in [9.17, 15) is 0 Å². The monoisotopic (exact) mass is 333 g/mol. The Morgan fingerprint density at radius 2 is 2.14 bits per heavy atom. The summed E-state index contributed by atoms with van der Waals surface area (Å²) in [5.74, 6) is 0. The average molecular weight is 333 g/mol. The molecule has 122 valence electrons. The summed E-state index contributed by atoms with van der Waals surface area (Å²) in [6.45, 7) is 12.4. The molecule has 0 bridgehead atoms. The van der Waals surface area contributed by atoms with Crippen LogP contribution in [0.1, 0.15) is 47.5 Å². The van der Waals surface area contributed by atoms with Gasteiger partial charge in [-0.3, -0.25) is 0 Å². The predicted molar refractivity (Wildman–Crippen MR) is 95.8 cm³/mol. The fourth-order valence-electron chi connectivity index (χ4n) is 2.39. The first-order valence-corrected chi connectivity index (χ1v) is 8.96. The van der Waals surface area contributed by atoms with E-state index in [1.165, 1.54) is 0 Å². The Kier molecular flexibility index (Phi) is 8.22. The minimum absolute atomic E-state index is 0.0298. The summed E-state index contributed by atoms with van der Waals surface area (Å²) >= 11 is 4.33. The molecule has 1 aliphatic rings. The van der Waals surface area contributed by atoms with Crippen molar-refractivity contribution in [1.82, 2.24) is 0 Å². The summed E-state index contributed by atoms with van der Waals surface area (Å²) < 4.78 is 17.8. The van der Waals surface area contributed by atoms with Crippen LogP contribution >= 0.6 is 21.4 Å². The molecule has 2 N–H and O–H groups in total. The molecule has 7 heteroatoms. The molecule has 21 heavy (non-hydrogen) atoms. The average Bonchev–Trinajstić information content (AvgIpc) is 2.68. The van der Waals surface area contributed by atoms with Gasteiger partial charge >= 0.3 is 137 Å². The van der Waals surface area contributed by atoms with Crippen molar-refractivity contribution >= 4 is 34.4 Å². The van der Waals surface area contributed by atoms with Crippen LogP contribution in [-0.2, 0) is 14.0 Å². The molecule has 1 rings (SSSR count). The Morgan fingerprint density at radius 1 is 1.48 bits per heavy atom. The van der Waals surface area contributed by atoms with E-state index >= 15 is 0 Å². The second-order valence-corrected chi connectivity index (χ2v) is 8.98. The van der Waals surface area contributed by atoms with E-state index in [1.54, 1.807) is 6.09 Å². The summed E-state index contributed by atoms with van der Waals surface area (Å²) in [5, 5.41) is 0.0672. The van der Waals surface area contributed by atoms with E-state index in [0.29, 0.717) is 8.81 Å². The van der Waals surface area contributed by atoms with Gasteiger partial charge in [-0.05, 0) is 0 Å². The van der Waals surface area contributed by atoms with Crippen molar-refractivity contribution in [2.24, 2.45) is 5.73 Å². The Balaban J connectivity index is 2.63. The van der Waals surface area contributed by atoms with Crippen molar-refractivity contribution in [1.29, 1.82) is 0 Å². The van der Waals surface area contributed by atoms with Gasteiger partial charge in [0, 0.05) is 0 Å². The van der Waals surface area contributed by atoms with Crippen molar-refractivity contribution < 1.29 is 14.0 Å². The van der Waals surface area contributed by atoms with Crippen LogP contribution in [0.3, 0.4) is 0 Å². The van der Waals surface area contributed by atoms with Gasteiger partial charge in [-0.15, -0.1) is 0 Å². The standard InChI is InChI=1S/C14H29BNO3PS/c1-9(2)19-20-14(4,5)7-12-11(17-10(3)21)6-13(18-12)15-8-16/h8-13,20-21H,6-7,16H2,1-5H3/t10-,11?,12?,13?/m1/s1. The molecule has 0 amide bonds. The molecule has 5 atom stereocenters. The quantitative estimate of drug-likeness (QED) is 0.310. The van der Waals surface area contributed by atoms with Crippen molar-refractivity contribution in [2.75, 3.05) is 0 Å². The number of nitrogens with two attached hydrogens (primary N) is 1. The topological polar surface area (TPSA) is 53.7 Å². The molecular formula is C14H29BNO3PS. The molecule has 0 aliphatic carbocycles. The molecule has 0 aromatic heterocycles. The summed E-state index contributed by atoms with van der Waals surface area (Å²) in [6.07, 6.45) is 3.64. The predicted octanol–water partition coefficient (Wildman–Crippen LogP) is 2.37. The van der Waals surface area contributed by atoms with Gasteiger partial charge in [0.15, 0.2) is 0 Å². The van der Waals surface area contributed by atoms with Crippen molar-refractivity contribution in [3.63, 3.8) is 0 Å². The van der Waals surface area contributed by atoms with E-state index in [1.807, 2.05) is 13.8 Å². The number of rotatable bonds is 8. The van der Waals surface area contributed by atoms with Gasteiger partial charge in [0.25, 0.3) is 0 Å². The number of thiol groups is 1. The van der Waals surface area contributed by atoms with Crippen molar-refractivity contribution in [3.05, 3.63) is 0 Å². The van der Waals surface area contributed by atoms with Crippen LogP contribution in [0.15, 0.2) is 0 Å². The Bertz CT molecular complexity index is 342. The van der Waals surface area contributed by atoms with Gasteiger partial charge in [0.05, 0.1) is 0 Å². The second-order valence-electron chi connectivity index (χ2n) is 6.46. The van der Waals surface area contributed by atoms with Crippen LogP contribution in [0, 0.1) is 0 Å². The van der Waals surface area contributed by atoms with Crippen LogP contribution in [0.2, 0.25) is 0 Å². The van der Waals surface area contributed by atoms with Crippen molar-refractivity contribution in [2.45, 2.75) is 82.4 Å². The van der Waals surface area contributed by atoms with E-state index in [4.69, 9.17) is 19.7 Å². The van der Waals surface area contributed by atoms with E-state index in [-0.39, 0.29) is 34.9 Å². The molecule has 0 aromatic carbocycles. The maximum absolute atomic E-state index is 6.08. The van der Waals surface area contributed by atoms with Gasteiger partial charge in [-0.1, -0.05) is 0 Å². The number of hydrogen-bond acceptors (Lipinski definition) is 5. The first-order valence-electron chi connectivity index (χ1n) is 7.53. The first kappa shape index (κ1) is 19.4. The molecule has 1 fully saturated rings. The molecule has 0 radical (unpaired) electrons. The van der Waals surface area contributed by atoms with Crippen LogP contribution in [0.25, 0.3) is 0 Å². The van der Waals surface area contributed by atoms with Gasteiger partial charge in [-0.25, -0.2) is 0 Å². The van der Waals surface area contributed by atoms with E-state index in [2.05, 4.69) is 40.3 Å². The summed E-state index contributed by atoms with van der Waals surface area (Å²) in [5.41, 5.74) is 5.38. The summed E-state index contributed by atoms with van der Waals surface area (Å²) in [6, 6.07) is 0.0298. The zero-order chi connectivity index (χ0) is 16.0. The molecule has 0 saturated carbocycles. The third-order valence-corrected chi connectivity index (χ3v) is 4.68. The molecule has 4 unspecified atom stereocenters. The Labute approximate surface area is 137 Å². The third kappa shape index (κ3) is 7.47. The molecule has 1 heterocycles. The molecule has 0 aromatic rings. The zero-order valence-electron chi connectivity index (χ0n) is 13.7. The van der Waals surface area contributed by atoms with E-state index < -0.39 is 0 Å². The summed E-state index contributed by atoms with van der Waals surface area (Å²) in [7, 11) is 0.447. The summed E-state index contributed by atoms with van der Waals surface area (Å²) in [4.78, 5) is 0. The van der Waals surface area contributed by atoms with Gasteiger partial charge < -0.3 is 0 Å². The number of ether oxygens (including phenoxy) is 2. The molecule has 4 nitrogen and oxygen atoms in total. The van der Waals surface area contributed by atoms with Gasteiger partial charge in [0.2, 0.25) is 0 Å². The van der Waals surface area contributed by atoms with Crippen LogP contribution < -0.4 is 5.73 Å². The fourth-order valence-corrected chi connectivity index (χ4v) is 3.39. The second kappa shape index (κ2) is 8.88. The Hall–Kier alpha value is 0.395. The Morgan fingerprint density at radius 3 is 2.67 bits per heavy atom. The number of hydrogen-bond donors (Lipinski definition) is 2. The van der Waals surface area contributed by atoms with Gasteiger partial charge in [-0.2, -0.15) is 0 Å². The molecule has 1 saturated heterocycles. The first-order chi connectivity index (χ1) is 9.73. The molecule has 0 spiro atoms. The third-order valence-electron chi connectivity index (χ3n) is 3.21. The van der Waals surface area contributed by atoms with Crippen molar-refractivity contribution in [3.8, 4) is 0 Å². The molecular weight excluding hydrogens is 304 g/mol. The zero-order valence-corrected chi connectivity index (χ0v) is 15.6. The SMILES string of the molecule is CC(C)OPC(C)(C)CC1OC(B=CN)CC1O[C@@H](C)S. The van der Waals surface area contributed by atoms with Crippen LogP contribution in [0.4, 0.5) is 0 Å². The normalized spacial score (nSPS) is 28.8. The van der Waals surface area contributed by atoms with Gasteiger partial charge in [0.1, 0.15) is 0 Å². The van der Waals surface area contributed by atoms with Crippen LogP contribution in [-0.4, -0.2) is 47.9 Å². The fraction of sp³-hybridized carbons (Fsp3) is 0.929. The van der Waals surface area contributed by atoms with Crippen LogP contribution in [0.5, 0.6) is 0 Å².